The molecule has 2 nitrogen and oxygen atoms in total. The van der Waals surface area contributed by atoms with Crippen molar-refractivity contribution in [1.82, 2.24) is 5.43 Å². The Bertz CT molecular complexity index is 213. The molecule has 0 radical (unpaired) electrons. The lowest BCUT2D eigenvalue weighted by atomic mass is 9.99. The Kier molecular flexibility index (Phi) is 3.66. The molecule has 0 saturated heterocycles. The van der Waals surface area contributed by atoms with Gasteiger partial charge in [-0.05, 0) is 30.6 Å². The summed E-state index contributed by atoms with van der Waals surface area (Å²) < 4.78 is 35.8. The summed E-state index contributed by atoms with van der Waals surface area (Å²) in [6.07, 6.45) is -3.04. The molecule has 1 aliphatic rings. The second-order valence-electron chi connectivity index (χ2n) is 5.08. The third-order valence-electron chi connectivity index (χ3n) is 3.26. The van der Waals surface area contributed by atoms with Crippen LogP contribution in [-0.2, 0) is 0 Å². The maximum absolute atomic E-state index is 11.9. The number of hydrogen-bond acceptors (Lipinski definition) is 2. The van der Waals surface area contributed by atoms with Gasteiger partial charge in [-0.2, -0.15) is 13.2 Å². The molecule has 0 aromatic heterocycles. The molecule has 1 rings (SSSR count). The van der Waals surface area contributed by atoms with Gasteiger partial charge in [-0.25, -0.2) is 0 Å². The summed E-state index contributed by atoms with van der Waals surface area (Å²) in [6, 6.07) is 0.0300. The smallest absolute Gasteiger partial charge is 0.271 e. The molecule has 90 valence electrons. The minimum Gasteiger partial charge on any atom is -0.271 e. The first kappa shape index (κ1) is 12.8. The van der Waals surface area contributed by atoms with E-state index in [2.05, 4.69) is 19.3 Å². The molecule has 2 atom stereocenters. The predicted molar refractivity (Wildman–Crippen MR) is 52.9 cm³/mol. The molecule has 1 saturated carbocycles. The van der Waals surface area contributed by atoms with Gasteiger partial charge in [-0.15, -0.1) is 0 Å². The highest BCUT2D eigenvalue weighted by atomic mass is 19.4. The topological polar surface area (TPSA) is 38.0 Å². The Labute approximate surface area is 88.4 Å². The largest absolute Gasteiger partial charge is 0.389 e. The lowest BCUT2D eigenvalue weighted by molar-refractivity contribution is -0.135. The molecule has 5 heteroatoms. The highest BCUT2D eigenvalue weighted by molar-refractivity contribution is 5.01. The maximum Gasteiger partial charge on any atom is 0.389 e. The standard InChI is InChI=1S/C10H19F3N2/c1-9(2)6-7(9)8(15-14)4-3-5-10(11,12)13/h7-8,15H,3-6,14H2,1-2H3. The third kappa shape index (κ3) is 3.99. The zero-order valence-electron chi connectivity index (χ0n) is 9.19. The number of rotatable bonds is 5. The van der Waals surface area contributed by atoms with E-state index in [4.69, 9.17) is 5.84 Å². The molecular weight excluding hydrogens is 205 g/mol. The van der Waals surface area contributed by atoms with Gasteiger partial charge in [-0.3, -0.25) is 11.3 Å². The molecule has 0 spiro atoms. The highest BCUT2D eigenvalue weighted by Crippen LogP contribution is 2.54. The van der Waals surface area contributed by atoms with Crippen LogP contribution in [0.4, 0.5) is 13.2 Å². The van der Waals surface area contributed by atoms with Gasteiger partial charge in [0.1, 0.15) is 0 Å². The van der Waals surface area contributed by atoms with E-state index in [1.807, 2.05) is 0 Å². The Morgan fingerprint density at radius 1 is 1.47 bits per heavy atom. The molecule has 2 unspecified atom stereocenters. The Hall–Kier alpha value is -0.290. The molecule has 0 aliphatic heterocycles. The van der Waals surface area contributed by atoms with E-state index in [-0.39, 0.29) is 17.9 Å². The van der Waals surface area contributed by atoms with Crippen LogP contribution in [0.2, 0.25) is 0 Å². The fourth-order valence-electron chi connectivity index (χ4n) is 2.12. The summed E-state index contributed by atoms with van der Waals surface area (Å²) in [4.78, 5) is 0. The molecule has 0 bridgehead atoms. The van der Waals surface area contributed by atoms with Crippen molar-refractivity contribution >= 4 is 0 Å². The number of nitrogens with two attached hydrogens (primary N) is 1. The van der Waals surface area contributed by atoms with Crippen molar-refractivity contribution in [3.8, 4) is 0 Å². The maximum atomic E-state index is 11.9. The van der Waals surface area contributed by atoms with Crippen LogP contribution in [0, 0.1) is 11.3 Å². The number of halogens is 3. The van der Waals surface area contributed by atoms with Crippen molar-refractivity contribution in [2.75, 3.05) is 0 Å². The summed E-state index contributed by atoms with van der Waals surface area (Å²) in [6.45, 7) is 4.23. The first-order chi connectivity index (χ1) is 6.76. The van der Waals surface area contributed by atoms with E-state index in [0.29, 0.717) is 12.3 Å². The van der Waals surface area contributed by atoms with Crippen LogP contribution in [0.3, 0.4) is 0 Å². The van der Waals surface area contributed by atoms with E-state index >= 15 is 0 Å². The van der Waals surface area contributed by atoms with Crippen LogP contribution in [-0.4, -0.2) is 12.2 Å². The zero-order valence-corrected chi connectivity index (χ0v) is 9.19. The van der Waals surface area contributed by atoms with Gasteiger partial charge < -0.3 is 0 Å². The van der Waals surface area contributed by atoms with Gasteiger partial charge in [-0.1, -0.05) is 13.8 Å². The summed E-state index contributed by atoms with van der Waals surface area (Å²) in [7, 11) is 0. The number of nitrogens with one attached hydrogen (secondary N) is 1. The first-order valence-corrected chi connectivity index (χ1v) is 5.29. The van der Waals surface area contributed by atoms with E-state index in [1.54, 1.807) is 0 Å². The SMILES string of the molecule is CC1(C)CC1C(CCCC(F)(F)F)NN. The van der Waals surface area contributed by atoms with Gasteiger partial charge in [0.15, 0.2) is 0 Å². The van der Waals surface area contributed by atoms with Crippen LogP contribution >= 0.6 is 0 Å². The minimum atomic E-state index is -4.04. The van der Waals surface area contributed by atoms with Gasteiger partial charge >= 0.3 is 6.18 Å². The number of alkyl halides is 3. The molecule has 1 fully saturated rings. The van der Waals surface area contributed by atoms with Gasteiger partial charge in [0, 0.05) is 12.5 Å². The highest BCUT2D eigenvalue weighted by Gasteiger charge is 2.49. The quantitative estimate of drug-likeness (QED) is 0.556. The minimum absolute atomic E-state index is 0.0300. The fourth-order valence-corrected chi connectivity index (χ4v) is 2.12. The zero-order chi connectivity index (χ0) is 11.7. The monoisotopic (exact) mass is 224 g/mol. The summed E-state index contributed by atoms with van der Waals surface area (Å²) in [5.74, 6) is 5.78. The van der Waals surface area contributed by atoms with Crippen LogP contribution in [0.5, 0.6) is 0 Å². The lowest BCUT2D eigenvalue weighted by Crippen LogP contribution is -2.38. The van der Waals surface area contributed by atoms with E-state index in [0.717, 1.165) is 6.42 Å². The van der Waals surface area contributed by atoms with Crippen molar-refractivity contribution in [3.63, 3.8) is 0 Å². The number of hydrazine groups is 1. The Morgan fingerprint density at radius 2 is 2.00 bits per heavy atom. The normalized spacial score (nSPS) is 26.4. The van der Waals surface area contributed by atoms with Crippen LogP contribution in [0.1, 0.15) is 39.5 Å². The molecule has 0 aromatic rings. The van der Waals surface area contributed by atoms with Gasteiger partial charge in [0.2, 0.25) is 0 Å². The second-order valence-corrected chi connectivity index (χ2v) is 5.08. The van der Waals surface area contributed by atoms with Crippen molar-refractivity contribution in [1.29, 1.82) is 0 Å². The summed E-state index contributed by atoms with van der Waals surface area (Å²) in [5.41, 5.74) is 2.88. The van der Waals surface area contributed by atoms with Gasteiger partial charge in [0.05, 0.1) is 0 Å². The average Bonchev–Trinajstić information content (AvgIpc) is 2.67. The molecular formula is C10H19F3N2. The average molecular weight is 224 g/mol. The molecule has 1 aliphatic carbocycles. The first-order valence-electron chi connectivity index (χ1n) is 5.29. The fraction of sp³-hybridized carbons (Fsp3) is 1.00. The molecule has 3 N–H and O–H groups in total. The molecule has 0 heterocycles. The molecule has 0 amide bonds. The lowest BCUT2D eigenvalue weighted by Gasteiger charge is -2.17. The molecule has 0 aromatic carbocycles. The van der Waals surface area contributed by atoms with Crippen molar-refractivity contribution in [2.45, 2.75) is 51.7 Å². The predicted octanol–water partition coefficient (Wildman–Crippen LogP) is 2.60. The van der Waals surface area contributed by atoms with Crippen molar-refractivity contribution < 1.29 is 13.2 Å². The summed E-state index contributed by atoms with van der Waals surface area (Å²) in [5, 5.41) is 0. The Morgan fingerprint density at radius 3 is 2.33 bits per heavy atom. The van der Waals surface area contributed by atoms with E-state index < -0.39 is 12.6 Å². The van der Waals surface area contributed by atoms with E-state index in [9.17, 15) is 13.2 Å². The van der Waals surface area contributed by atoms with Crippen LogP contribution in [0.25, 0.3) is 0 Å². The van der Waals surface area contributed by atoms with Crippen LogP contribution in [0.15, 0.2) is 0 Å². The van der Waals surface area contributed by atoms with Gasteiger partial charge in [0.25, 0.3) is 0 Å². The van der Waals surface area contributed by atoms with E-state index in [1.165, 1.54) is 0 Å². The summed E-state index contributed by atoms with van der Waals surface area (Å²) >= 11 is 0. The Balaban J connectivity index is 2.24. The van der Waals surface area contributed by atoms with Crippen molar-refractivity contribution in [3.05, 3.63) is 0 Å². The van der Waals surface area contributed by atoms with Crippen molar-refractivity contribution in [2.24, 2.45) is 17.2 Å². The second kappa shape index (κ2) is 4.29. The molecule has 15 heavy (non-hydrogen) atoms. The van der Waals surface area contributed by atoms with Crippen LogP contribution < -0.4 is 11.3 Å². The number of hydrogen-bond donors (Lipinski definition) is 2. The third-order valence-corrected chi connectivity index (χ3v) is 3.26.